The number of hydrogen-bond donors (Lipinski definition) is 0. The standard InChI is InChI=1S/C80H46O2/c1-2-19-48-42-53(37-36-47(48)18-1)74-57-26-9-11-28-59(57)77(60-29-12-10-27-58(60)74)68-41-40-66(80-79(68)70-44-50-21-4-6-23-52(50)46-73(70)82-80)56-38-39-65(55-25-8-7-24-54(55)56)75-61-30-13-15-32-63(61)76(64-33-16-14-31-62(64)75)67-34-17-35-71-78(67)69-43-49-20-3-5-22-51(49)45-72(69)81-71/h1-46H. The molecule has 18 aromatic rings. The third-order valence-electron chi connectivity index (χ3n) is 17.8. The van der Waals surface area contributed by atoms with Crippen molar-refractivity contribution in [2.24, 2.45) is 0 Å². The summed E-state index contributed by atoms with van der Waals surface area (Å²) < 4.78 is 14.1. The average molecular weight is 1040 g/mol. The van der Waals surface area contributed by atoms with Gasteiger partial charge in [-0.15, -0.1) is 0 Å². The van der Waals surface area contributed by atoms with Crippen LogP contribution in [0.15, 0.2) is 288 Å². The molecule has 378 valence electrons. The highest BCUT2D eigenvalue weighted by Gasteiger charge is 2.26. The average Bonchev–Trinajstić information content (AvgIpc) is 2.33. The zero-order chi connectivity index (χ0) is 53.6. The molecule has 18 rings (SSSR count). The minimum Gasteiger partial charge on any atom is -0.456 e. The van der Waals surface area contributed by atoms with E-state index in [0.717, 1.165) is 71.3 Å². The summed E-state index contributed by atoms with van der Waals surface area (Å²) in [5, 5.41) is 23.6. The van der Waals surface area contributed by atoms with Crippen molar-refractivity contribution in [1.82, 2.24) is 0 Å². The van der Waals surface area contributed by atoms with E-state index in [1.807, 2.05) is 0 Å². The Morgan fingerprint density at radius 2 is 0.561 bits per heavy atom. The molecule has 0 aliphatic carbocycles. The van der Waals surface area contributed by atoms with Gasteiger partial charge in [0.2, 0.25) is 0 Å². The van der Waals surface area contributed by atoms with Crippen LogP contribution in [0.2, 0.25) is 0 Å². The summed E-state index contributed by atoms with van der Waals surface area (Å²) in [4.78, 5) is 0. The second-order valence-electron chi connectivity index (χ2n) is 22.1. The fraction of sp³-hybridized carbons (Fsp3) is 0. The van der Waals surface area contributed by atoms with Crippen LogP contribution in [0, 0.1) is 0 Å². The maximum atomic E-state index is 7.37. The van der Waals surface area contributed by atoms with E-state index in [4.69, 9.17) is 8.83 Å². The fourth-order valence-electron chi connectivity index (χ4n) is 14.2. The predicted octanol–water partition coefficient (Wildman–Crippen LogP) is 23.0. The first-order valence-corrected chi connectivity index (χ1v) is 28.3. The summed E-state index contributed by atoms with van der Waals surface area (Å²) in [6.07, 6.45) is 0. The lowest BCUT2D eigenvalue weighted by molar-refractivity contribution is 0.669. The highest BCUT2D eigenvalue weighted by molar-refractivity contribution is 6.30. The first-order chi connectivity index (χ1) is 40.7. The minimum absolute atomic E-state index is 0.871. The van der Waals surface area contributed by atoms with Gasteiger partial charge in [-0.05, 0) is 179 Å². The molecule has 2 aromatic heterocycles. The first-order valence-electron chi connectivity index (χ1n) is 28.3. The van der Waals surface area contributed by atoms with Gasteiger partial charge in [0.15, 0.2) is 0 Å². The Labute approximate surface area is 470 Å². The van der Waals surface area contributed by atoms with E-state index in [1.54, 1.807) is 0 Å². The summed E-state index contributed by atoms with van der Waals surface area (Å²) in [5.74, 6) is 0. The SMILES string of the molecule is c1ccc2cc(-c3c4ccccc4c(-c4ccc(-c5ccc(-c6c7ccccc7c(-c7cccc8oc9cc%10ccccc%10cc9c78)c7ccccc67)c6ccccc56)c5oc6cc7ccccc7cc6c45)c4ccccc34)ccc2c1. The van der Waals surface area contributed by atoms with Crippen LogP contribution in [0.1, 0.15) is 0 Å². The van der Waals surface area contributed by atoms with Gasteiger partial charge in [-0.25, -0.2) is 0 Å². The van der Waals surface area contributed by atoms with Crippen LogP contribution in [0.5, 0.6) is 0 Å². The lowest BCUT2D eigenvalue weighted by Gasteiger charge is -2.20. The highest BCUT2D eigenvalue weighted by Crippen LogP contribution is 2.53. The molecule has 0 unspecified atom stereocenters. The van der Waals surface area contributed by atoms with E-state index in [9.17, 15) is 0 Å². The van der Waals surface area contributed by atoms with Gasteiger partial charge < -0.3 is 8.83 Å². The van der Waals surface area contributed by atoms with Crippen molar-refractivity contribution < 1.29 is 8.83 Å². The predicted molar refractivity (Wildman–Crippen MR) is 348 cm³/mol. The molecule has 2 heterocycles. The molecule has 0 N–H and O–H groups in total. The molecule has 0 bridgehead atoms. The number of furan rings is 2. The van der Waals surface area contributed by atoms with Gasteiger partial charge >= 0.3 is 0 Å². The molecule has 0 amide bonds. The van der Waals surface area contributed by atoms with Crippen molar-refractivity contribution >= 4 is 130 Å². The topological polar surface area (TPSA) is 26.3 Å². The molecule has 0 radical (unpaired) electrons. The molecule has 0 atom stereocenters. The van der Waals surface area contributed by atoms with E-state index in [0.29, 0.717) is 0 Å². The maximum Gasteiger partial charge on any atom is 0.143 e. The molecule has 0 spiro atoms. The van der Waals surface area contributed by atoms with E-state index in [2.05, 4.69) is 279 Å². The van der Waals surface area contributed by atoms with Crippen LogP contribution in [0.3, 0.4) is 0 Å². The maximum absolute atomic E-state index is 7.37. The van der Waals surface area contributed by atoms with Gasteiger partial charge in [0.25, 0.3) is 0 Å². The normalized spacial score (nSPS) is 12.1. The Morgan fingerprint density at radius 1 is 0.183 bits per heavy atom. The molecule has 2 heteroatoms. The van der Waals surface area contributed by atoms with E-state index in [-0.39, 0.29) is 0 Å². The van der Waals surface area contributed by atoms with Crippen LogP contribution in [-0.2, 0) is 0 Å². The van der Waals surface area contributed by atoms with Crippen LogP contribution in [0.25, 0.3) is 186 Å². The second-order valence-corrected chi connectivity index (χ2v) is 22.1. The van der Waals surface area contributed by atoms with Crippen molar-refractivity contribution in [2.75, 3.05) is 0 Å². The zero-order valence-corrected chi connectivity index (χ0v) is 44.4. The summed E-state index contributed by atoms with van der Waals surface area (Å²) in [6, 6.07) is 103. The monoisotopic (exact) mass is 1040 g/mol. The van der Waals surface area contributed by atoms with Crippen LogP contribution < -0.4 is 0 Å². The number of hydrogen-bond acceptors (Lipinski definition) is 2. The highest BCUT2D eigenvalue weighted by atomic mass is 16.3. The molecular formula is C80H46O2. The van der Waals surface area contributed by atoms with Crippen molar-refractivity contribution in [3.8, 4) is 55.6 Å². The summed E-state index contributed by atoms with van der Waals surface area (Å²) in [7, 11) is 0. The lowest BCUT2D eigenvalue weighted by Crippen LogP contribution is -1.93. The summed E-state index contributed by atoms with van der Waals surface area (Å²) in [5.41, 5.74) is 15.3. The molecule has 2 nitrogen and oxygen atoms in total. The van der Waals surface area contributed by atoms with Crippen molar-refractivity contribution in [3.05, 3.63) is 279 Å². The molecule has 16 aromatic carbocycles. The van der Waals surface area contributed by atoms with Gasteiger partial charge in [0.1, 0.15) is 22.3 Å². The van der Waals surface area contributed by atoms with Crippen LogP contribution >= 0.6 is 0 Å². The first kappa shape index (κ1) is 45.1. The molecule has 0 saturated heterocycles. The number of rotatable bonds is 5. The Morgan fingerprint density at radius 3 is 1.11 bits per heavy atom. The number of fused-ring (bicyclic) bond motifs is 14. The van der Waals surface area contributed by atoms with Crippen LogP contribution in [0.4, 0.5) is 0 Å². The van der Waals surface area contributed by atoms with Gasteiger partial charge in [-0.2, -0.15) is 0 Å². The van der Waals surface area contributed by atoms with E-state index in [1.165, 1.54) is 114 Å². The van der Waals surface area contributed by atoms with Gasteiger partial charge in [0, 0.05) is 27.1 Å². The minimum atomic E-state index is 0.871. The lowest BCUT2D eigenvalue weighted by atomic mass is 9.82. The van der Waals surface area contributed by atoms with Crippen LogP contribution in [-0.4, -0.2) is 0 Å². The largest absolute Gasteiger partial charge is 0.456 e. The van der Waals surface area contributed by atoms with Gasteiger partial charge in [-0.3, -0.25) is 0 Å². The summed E-state index contributed by atoms with van der Waals surface area (Å²) >= 11 is 0. The van der Waals surface area contributed by atoms with Gasteiger partial charge in [0.05, 0.1) is 0 Å². The molecule has 0 fully saturated rings. The smallest absolute Gasteiger partial charge is 0.143 e. The Bertz CT molecular complexity index is 5660. The Kier molecular flexibility index (Phi) is 9.54. The third-order valence-corrected chi connectivity index (χ3v) is 17.8. The summed E-state index contributed by atoms with van der Waals surface area (Å²) in [6.45, 7) is 0. The fourth-order valence-corrected chi connectivity index (χ4v) is 14.2. The third kappa shape index (κ3) is 6.52. The van der Waals surface area contributed by atoms with Gasteiger partial charge in [-0.1, -0.05) is 237 Å². The molecular weight excluding hydrogens is 993 g/mol. The molecule has 0 aliphatic rings. The quantitative estimate of drug-likeness (QED) is 0.161. The van der Waals surface area contributed by atoms with Crippen molar-refractivity contribution in [3.63, 3.8) is 0 Å². The Balaban J connectivity index is 0.881. The number of benzene rings is 16. The molecule has 0 aliphatic heterocycles. The van der Waals surface area contributed by atoms with Crippen molar-refractivity contribution in [2.45, 2.75) is 0 Å². The van der Waals surface area contributed by atoms with Crippen molar-refractivity contribution in [1.29, 1.82) is 0 Å². The Hall–Kier alpha value is -10.8. The zero-order valence-electron chi connectivity index (χ0n) is 44.4. The second kappa shape index (κ2) is 17.3. The molecule has 82 heavy (non-hydrogen) atoms. The van der Waals surface area contributed by atoms with E-state index >= 15 is 0 Å². The molecule has 0 saturated carbocycles. The van der Waals surface area contributed by atoms with E-state index < -0.39 is 0 Å².